The van der Waals surface area contributed by atoms with Crippen LogP contribution >= 0.6 is 0 Å². The van der Waals surface area contributed by atoms with E-state index >= 15 is 0 Å². The maximum Gasteiger partial charge on any atom is 0.0678 e. The number of hydrogen-bond acceptors (Lipinski definition) is 3. The van der Waals surface area contributed by atoms with Gasteiger partial charge >= 0.3 is 0 Å². The first-order chi connectivity index (χ1) is 8.37. The van der Waals surface area contributed by atoms with Gasteiger partial charge in [0.15, 0.2) is 0 Å². The van der Waals surface area contributed by atoms with Gasteiger partial charge in [0.05, 0.1) is 12.2 Å². The molecule has 1 fully saturated rings. The molecule has 2 atom stereocenters. The average molecular weight is 256 g/mol. The monoisotopic (exact) mass is 256 g/mol. The number of hydrogen-bond donors (Lipinski definition) is 1. The van der Waals surface area contributed by atoms with Gasteiger partial charge in [0.1, 0.15) is 0 Å². The van der Waals surface area contributed by atoms with Gasteiger partial charge in [-0.1, -0.05) is 6.42 Å². The summed E-state index contributed by atoms with van der Waals surface area (Å²) >= 11 is 0. The second-order valence-electron chi connectivity index (χ2n) is 6.75. The first-order valence-electron chi connectivity index (χ1n) is 7.49. The molecule has 18 heavy (non-hydrogen) atoms. The molecule has 0 amide bonds. The second-order valence-corrected chi connectivity index (χ2v) is 6.75. The molecule has 1 aliphatic rings. The van der Waals surface area contributed by atoms with Gasteiger partial charge in [-0.3, -0.25) is 4.90 Å². The van der Waals surface area contributed by atoms with Crippen LogP contribution in [0.3, 0.4) is 0 Å². The number of ether oxygens (including phenoxy) is 1. The summed E-state index contributed by atoms with van der Waals surface area (Å²) in [6.45, 7) is 15.6. The molecule has 1 rings (SSSR count). The van der Waals surface area contributed by atoms with Crippen LogP contribution in [0.2, 0.25) is 0 Å². The maximum atomic E-state index is 5.75. The third-order valence-electron chi connectivity index (χ3n) is 3.30. The molecular formula is C15H32N2O. The molecule has 0 aliphatic carbocycles. The van der Waals surface area contributed by atoms with Crippen LogP contribution in [0.5, 0.6) is 0 Å². The van der Waals surface area contributed by atoms with Crippen molar-refractivity contribution in [1.82, 2.24) is 10.2 Å². The number of nitrogens with zero attached hydrogens (tertiary/aromatic N) is 1. The van der Waals surface area contributed by atoms with Crippen molar-refractivity contribution < 1.29 is 4.74 Å². The molecule has 1 aliphatic heterocycles. The van der Waals surface area contributed by atoms with E-state index in [1.165, 1.54) is 25.8 Å². The fraction of sp³-hybridized carbons (Fsp3) is 1.00. The molecule has 3 heteroatoms. The zero-order valence-electron chi connectivity index (χ0n) is 13.0. The van der Waals surface area contributed by atoms with Crippen molar-refractivity contribution in [2.24, 2.45) is 0 Å². The van der Waals surface area contributed by atoms with Crippen LogP contribution in [0, 0.1) is 0 Å². The van der Waals surface area contributed by atoms with E-state index in [0.717, 1.165) is 19.6 Å². The zero-order valence-corrected chi connectivity index (χ0v) is 13.0. The van der Waals surface area contributed by atoms with Crippen LogP contribution in [0.1, 0.15) is 53.9 Å². The molecule has 1 heterocycles. The van der Waals surface area contributed by atoms with Crippen molar-refractivity contribution in [3.63, 3.8) is 0 Å². The minimum atomic E-state index is 0.259. The smallest absolute Gasteiger partial charge is 0.0678 e. The third kappa shape index (κ3) is 7.34. The van der Waals surface area contributed by atoms with Crippen molar-refractivity contribution in [3.05, 3.63) is 0 Å². The van der Waals surface area contributed by atoms with Gasteiger partial charge in [0, 0.05) is 18.6 Å². The Hall–Kier alpha value is -0.120. The minimum absolute atomic E-state index is 0.259. The number of nitrogens with one attached hydrogen (secondary N) is 1. The minimum Gasteiger partial charge on any atom is -0.373 e. The summed E-state index contributed by atoms with van der Waals surface area (Å²) < 4.78 is 5.75. The van der Waals surface area contributed by atoms with Crippen molar-refractivity contribution in [2.75, 3.05) is 26.2 Å². The van der Waals surface area contributed by atoms with Crippen LogP contribution in [0.25, 0.3) is 0 Å². The molecule has 1 N–H and O–H groups in total. The van der Waals surface area contributed by atoms with Crippen LogP contribution in [0.4, 0.5) is 0 Å². The first-order valence-corrected chi connectivity index (χ1v) is 7.49. The normalized spacial score (nSPS) is 26.5. The van der Waals surface area contributed by atoms with E-state index in [1.807, 2.05) is 0 Å². The lowest BCUT2D eigenvalue weighted by Gasteiger charge is -2.35. The van der Waals surface area contributed by atoms with E-state index in [0.29, 0.717) is 12.2 Å². The quantitative estimate of drug-likeness (QED) is 0.740. The highest BCUT2D eigenvalue weighted by Crippen LogP contribution is 2.11. The lowest BCUT2D eigenvalue weighted by molar-refractivity contribution is -0.0681. The molecule has 1 saturated heterocycles. The predicted octanol–water partition coefficient (Wildman–Crippen LogP) is 2.65. The first kappa shape index (κ1) is 15.9. The number of rotatable bonds is 6. The Bertz CT molecular complexity index is 215. The van der Waals surface area contributed by atoms with Crippen LogP contribution < -0.4 is 5.32 Å². The Morgan fingerprint density at radius 1 is 1.06 bits per heavy atom. The lowest BCUT2D eigenvalue weighted by Crippen LogP contribution is -2.45. The van der Waals surface area contributed by atoms with Crippen LogP contribution in [-0.4, -0.2) is 48.8 Å². The predicted molar refractivity (Wildman–Crippen MR) is 78.1 cm³/mol. The Labute approximate surface area is 113 Å². The van der Waals surface area contributed by atoms with Crippen molar-refractivity contribution >= 4 is 0 Å². The fourth-order valence-electron chi connectivity index (χ4n) is 2.57. The van der Waals surface area contributed by atoms with Crippen LogP contribution in [-0.2, 0) is 4.74 Å². The number of unbranched alkanes of at least 4 members (excludes halogenated alkanes) is 2. The average Bonchev–Trinajstić information content (AvgIpc) is 2.20. The van der Waals surface area contributed by atoms with Crippen molar-refractivity contribution in [1.29, 1.82) is 0 Å². The molecule has 108 valence electrons. The van der Waals surface area contributed by atoms with Crippen molar-refractivity contribution in [2.45, 2.75) is 71.6 Å². The maximum absolute atomic E-state index is 5.75. The van der Waals surface area contributed by atoms with Gasteiger partial charge in [0.25, 0.3) is 0 Å². The van der Waals surface area contributed by atoms with Gasteiger partial charge in [-0.15, -0.1) is 0 Å². The van der Waals surface area contributed by atoms with Crippen LogP contribution in [0.15, 0.2) is 0 Å². The Kier molecular flexibility index (Phi) is 6.61. The largest absolute Gasteiger partial charge is 0.373 e. The summed E-state index contributed by atoms with van der Waals surface area (Å²) in [5, 5.41) is 3.54. The number of morpholine rings is 1. The molecule has 0 spiro atoms. The molecule has 0 bridgehead atoms. The van der Waals surface area contributed by atoms with E-state index in [4.69, 9.17) is 4.74 Å². The molecule has 0 aromatic carbocycles. The Morgan fingerprint density at radius 2 is 1.67 bits per heavy atom. The van der Waals surface area contributed by atoms with Gasteiger partial charge in [-0.05, 0) is 60.5 Å². The highest BCUT2D eigenvalue weighted by molar-refractivity contribution is 4.73. The van der Waals surface area contributed by atoms with E-state index in [1.54, 1.807) is 0 Å². The van der Waals surface area contributed by atoms with Gasteiger partial charge in [-0.25, -0.2) is 0 Å². The highest BCUT2D eigenvalue weighted by Gasteiger charge is 2.21. The molecule has 3 nitrogen and oxygen atoms in total. The molecule has 0 saturated carbocycles. The van der Waals surface area contributed by atoms with Crippen molar-refractivity contribution in [3.8, 4) is 0 Å². The summed E-state index contributed by atoms with van der Waals surface area (Å²) in [4.78, 5) is 2.55. The molecular weight excluding hydrogens is 224 g/mol. The molecule has 2 unspecified atom stereocenters. The topological polar surface area (TPSA) is 24.5 Å². The summed E-state index contributed by atoms with van der Waals surface area (Å²) in [6, 6.07) is 0. The summed E-state index contributed by atoms with van der Waals surface area (Å²) in [5.41, 5.74) is 0.259. The molecule has 0 aromatic rings. The van der Waals surface area contributed by atoms with E-state index < -0.39 is 0 Å². The fourth-order valence-corrected chi connectivity index (χ4v) is 2.57. The molecule has 0 aromatic heterocycles. The van der Waals surface area contributed by atoms with E-state index in [2.05, 4.69) is 44.8 Å². The Morgan fingerprint density at radius 3 is 2.22 bits per heavy atom. The SMILES string of the molecule is CC1CN(CCCCCNC(C)(C)C)CC(C)O1. The zero-order chi connectivity index (χ0) is 13.6. The third-order valence-corrected chi connectivity index (χ3v) is 3.30. The second kappa shape index (κ2) is 7.46. The van der Waals surface area contributed by atoms with Gasteiger partial charge < -0.3 is 10.1 Å². The van der Waals surface area contributed by atoms with Gasteiger partial charge in [0.2, 0.25) is 0 Å². The summed E-state index contributed by atoms with van der Waals surface area (Å²) in [7, 11) is 0. The van der Waals surface area contributed by atoms with E-state index in [-0.39, 0.29) is 5.54 Å². The summed E-state index contributed by atoms with van der Waals surface area (Å²) in [6.07, 6.45) is 4.72. The van der Waals surface area contributed by atoms with E-state index in [9.17, 15) is 0 Å². The highest BCUT2D eigenvalue weighted by atomic mass is 16.5. The lowest BCUT2D eigenvalue weighted by atomic mass is 10.1. The summed E-state index contributed by atoms with van der Waals surface area (Å²) in [5.74, 6) is 0. The standard InChI is InChI=1S/C15H32N2O/c1-13-11-17(12-14(2)18-13)10-8-6-7-9-16-15(3,4)5/h13-14,16H,6-12H2,1-5H3. The molecule has 0 radical (unpaired) electrons. The Balaban J connectivity index is 2.01. The van der Waals surface area contributed by atoms with Gasteiger partial charge in [-0.2, -0.15) is 0 Å².